The molecule has 6 heteroatoms. The van der Waals surface area contributed by atoms with Gasteiger partial charge in [0.05, 0.1) is 23.8 Å². The second kappa shape index (κ2) is 8.22. The zero-order valence-corrected chi connectivity index (χ0v) is 15.2. The van der Waals surface area contributed by atoms with Crippen molar-refractivity contribution in [3.8, 4) is 11.5 Å². The lowest BCUT2D eigenvalue weighted by atomic mass is 10.2. The first kappa shape index (κ1) is 17.6. The van der Waals surface area contributed by atoms with Crippen LogP contribution in [0.4, 0.5) is 5.69 Å². The van der Waals surface area contributed by atoms with Crippen molar-refractivity contribution in [1.29, 1.82) is 0 Å². The molecule has 1 N–H and O–H groups in total. The van der Waals surface area contributed by atoms with Crippen molar-refractivity contribution in [2.24, 2.45) is 0 Å². The molecule has 0 saturated heterocycles. The van der Waals surface area contributed by atoms with Crippen molar-refractivity contribution < 1.29 is 14.3 Å². The fourth-order valence-electron chi connectivity index (χ4n) is 2.00. The zero-order chi connectivity index (χ0) is 16.8. The van der Waals surface area contributed by atoms with E-state index in [2.05, 4.69) is 21.2 Å². The van der Waals surface area contributed by atoms with E-state index in [1.807, 2.05) is 13.8 Å². The van der Waals surface area contributed by atoms with Gasteiger partial charge in [-0.2, -0.15) is 0 Å². The summed E-state index contributed by atoms with van der Waals surface area (Å²) in [7, 11) is 0. The van der Waals surface area contributed by atoms with Gasteiger partial charge in [0.25, 0.3) is 5.91 Å². The van der Waals surface area contributed by atoms with Crippen molar-refractivity contribution in [2.75, 3.05) is 18.5 Å². The second-order valence-electron chi connectivity index (χ2n) is 4.61. The molecule has 2 aromatic rings. The van der Waals surface area contributed by atoms with E-state index in [0.717, 1.165) is 4.47 Å². The SMILES string of the molecule is CCOc1ccc(NC(=O)c2cc(Br)ccc2Cl)cc1OCC. The van der Waals surface area contributed by atoms with Crippen LogP contribution in [0.3, 0.4) is 0 Å². The maximum absolute atomic E-state index is 12.4. The third kappa shape index (κ3) is 4.62. The second-order valence-corrected chi connectivity index (χ2v) is 5.93. The average Bonchev–Trinajstić information content (AvgIpc) is 2.52. The van der Waals surface area contributed by atoms with E-state index in [4.69, 9.17) is 21.1 Å². The number of nitrogens with one attached hydrogen (secondary N) is 1. The number of amides is 1. The lowest BCUT2D eigenvalue weighted by Gasteiger charge is -2.13. The fraction of sp³-hybridized carbons (Fsp3) is 0.235. The molecule has 0 aliphatic carbocycles. The first-order valence-corrected chi connectivity index (χ1v) is 8.38. The first-order chi connectivity index (χ1) is 11.0. The quantitative estimate of drug-likeness (QED) is 0.732. The number of anilines is 1. The molecule has 0 unspecified atom stereocenters. The predicted molar refractivity (Wildman–Crippen MR) is 95.9 cm³/mol. The molecule has 23 heavy (non-hydrogen) atoms. The van der Waals surface area contributed by atoms with Gasteiger partial charge in [-0.25, -0.2) is 0 Å². The van der Waals surface area contributed by atoms with Crippen LogP contribution in [-0.2, 0) is 0 Å². The summed E-state index contributed by atoms with van der Waals surface area (Å²) in [5, 5.41) is 3.21. The molecule has 2 aromatic carbocycles. The van der Waals surface area contributed by atoms with Crippen LogP contribution >= 0.6 is 27.5 Å². The van der Waals surface area contributed by atoms with Crippen molar-refractivity contribution >= 4 is 39.1 Å². The Morgan fingerprint density at radius 1 is 1.09 bits per heavy atom. The minimum Gasteiger partial charge on any atom is -0.490 e. The van der Waals surface area contributed by atoms with Crippen LogP contribution in [0.5, 0.6) is 11.5 Å². The Labute approximate surface area is 148 Å². The van der Waals surface area contributed by atoms with Crippen molar-refractivity contribution in [1.82, 2.24) is 0 Å². The number of carbonyl (C=O) groups excluding carboxylic acids is 1. The summed E-state index contributed by atoms with van der Waals surface area (Å²) < 4.78 is 11.8. The lowest BCUT2D eigenvalue weighted by Crippen LogP contribution is -2.12. The molecule has 0 fully saturated rings. The molecule has 4 nitrogen and oxygen atoms in total. The summed E-state index contributed by atoms with van der Waals surface area (Å²) in [6.45, 7) is 4.84. The molecule has 0 bridgehead atoms. The number of benzene rings is 2. The van der Waals surface area contributed by atoms with Gasteiger partial charge in [-0.1, -0.05) is 27.5 Å². The molecule has 0 aromatic heterocycles. The largest absolute Gasteiger partial charge is 0.490 e. The maximum atomic E-state index is 12.4. The van der Waals surface area contributed by atoms with E-state index in [1.54, 1.807) is 36.4 Å². The average molecular weight is 399 g/mol. The van der Waals surface area contributed by atoms with Gasteiger partial charge in [-0.3, -0.25) is 4.79 Å². The highest BCUT2D eigenvalue weighted by atomic mass is 79.9. The molecule has 0 aliphatic heterocycles. The Kier molecular flexibility index (Phi) is 6.30. The van der Waals surface area contributed by atoms with E-state index in [-0.39, 0.29) is 5.91 Å². The summed E-state index contributed by atoms with van der Waals surface area (Å²) in [6.07, 6.45) is 0. The first-order valence-electron chi connectivity index (χ1n) is 7.21. The number of ether oxygens (including phenoxy) is 2. The van der Waals surface area contributed by atoms with Crippen LogP contribution in [0, 0.1) is 0 Å². The van der Waals surface area contributed by atoms with Gasteiger partial charge in [0.15, 0.2) is 11.5 Å². The van der Waals surface area contributed by atoms with E-state index >= 15 is 0 Å². The highest BCUT2D eigenvalue weighted by molar-refractivity contribution is 9.10. The van der Waals surface area contributed by atoms with Gasteiger partial charge in [0, 0.05) is 16.2 Å². The lowest BCUT2D eigenvalue weighted by molar-refractivity contribution is 0.102. The summed E-state index contributed by atoms with van der Waals surface area (Å²) in [4.78, 5) is 12.4. The monoisotopic (exact) mass is 397 g/mol. The maximum Gasteiger partial charge on any atom is 0.257 e. The number of rotatable bonds is 6. The summed E-state index contributed by atoms with van der Waals surface area (Å²) in [6, 6.07) is 10.4. The Morgan fingerprint density at radius 3 is 2.48 bits per heavy atom. The Balaban J connectivity index is 2.23. The van der Waals surface area contributed by atoms with Gasteiger partial charge in [0.2, 0.25) is 0 Å². The molecule has 0 radical (unpaired) electrons. The molecule has 0 saturated carbocycles. The van der Waals surface area contributed by atoms with Gasteiger partial charge in [-0.15, -0.1) is 0 Å². The molecule has 2 rings (SSSR count). The van der Waals surface area contributed by atoms with Crippen LogP contribution in [0.1, 0.15) is 24.2 Å². The summed E-state index contributed by atoms with van der Waals surface area (Å²) in [5.74, 6) is 0.947. The third-order valence-corrected chi connectivity index (χ3v) is 3.80. The van der Waals surface area contributed by atoms with Crippen LogP contribution in [0.25, 0.3) is 0 Å². The minimum absolute atomic E-state index is 0.289. The minimum atomic E-state index is -0.289. The number of hydrogen-bond acceptors (Lipinski definition) is 3. The summed E-state index contributed by atoms with van der Waals surface area (Å²) >= 11 is 9.41. The topological polar surface area (TPSA) is 47.6 Å². The van der Waals surface area contributed by atoms with Crippen molar-refractivity contribution in [3.63, 3.8) is 0 Å². The zero-order valence-electron chi connectivity index (χ0n) is 12.9. The van der Waals surface area contributed by atoms with Gasteiger partial charge >= 0.3 is 0 Å². The fourth-order valence-corrected chi connectivity index (χ4v) is 2.56. The molecule has 0 spiro atoms. The van der Waals surface area contributed by atoms with E-state index in [9.17, 15) is 4.79 Å². The van der Waals surface area contributed by atoms with Crippen molar-refractivity contribution in [2.45, 2.75) is 13.8 Å². The molecular weight excluding hydrogens is 382 g/mol. The van der Waals surface area contributed by atoms with E-state index in [0.29, 0.717) is 41.0 Å². The Hall–Kier alpha value is -1.72. The van der Waals surface area contributed by atoms with Crippen LogP contribution in [0.2, 0.25) is 5.02 Å². The highest BCUT2D eigenvalue weighted by Gasteiger charge is 2.13. The normalized spacial score (nSPS) is 10.3. The number of halogens is 2. The molecule has 1 amide bonds. The molecule has 122 valence electrons. The number of hydrogen-bond donors (Lipinski definition) is 1. The van der Waals surface area contributed by atoms with Crippen molar-refractivity contribution in [3.05, 3.63) is 51.5 Å². The summed E-state index contributed by atoms with van der Waals surface area (Å²) in [5.41, 5.74) is 1.01. The van der Waals surface area contributed by atoms with Crippen LogP contribution in [0.15, 0.2) is 40.9 Å². The number of carbonyl (C=O) groups is 1. The Bertz CT molecular complexity index is 706. The molecule has 0 atom stereocenters. The smallest absolute Gasteiger partial charge is 0.257 e. The van der Waals surface area contributed by atoms with Gasteiger partial charge < -0.3 is 14.8 Å². The molecule has 0 heterocycles. The Morgan fingerprint density at radius 2 is 1.78 bits per heavy atom. The van der Waals surface area contributed by atoms with E-state index < -0.39 is 0 Å². The molecular formula is C17H17BrClNO3. The van der Waals surface area contributed by atoms with Gasteiger partial charge in [0.1, 0.15) is 0 Å². The van der Waals surface area contributed by atoms with Gasteiger partial charge in [-0.05, 0) is 44.2 Å². The van der Waals surface area contributed by atoms with Crippen LogP contribution < -0.4 is 14.8 Å². The molecule has 0 aliphatic rings. The third-order valence-electron chi connectivity index (χ3n) is 2.97. The van der Waals surface area contributed by atoms with E-state index in [1.165, 1.54) is 0 Å². The standard InChI is InChI=1S/C17H17BrClNO3/c1-3-22-15-8-6-12(10-16(15)23-4-2)20-17(21)13-9-11(18)5-7-14(13)19/h5-10H,3-4H2,1-2H3,(H,20,21). The van der Waals surface area contributed by atoms with Crippen LogP contribution in [-0.4, -0.2) is 19.1 Å². The predicted octanol–water partition coefficient (Wildman–Crippen LogP) is 5.15. The highest BCUT2D eigenvalue weighted by Crippen LogP contribution is 2.31.